The molecule has 1 aliphatic rings. The first-order valence-corrected chi connectivity index (χ1v) is 9.29. The maximum Gasteiger partial charge on any atom is 0.263 e. The summed E-state index contributed by atoms with van der Waals surface area (Å²) in [6.45, 7) is 3.45. The van der Waals surface area contributed by atoms with Crippen LogP contribution in [0.25, 0.3) is 0 Å². The summed E-state index contributed by atoms with van der Waals surface area (Å²) in [7, 11) is 1.68. The lowest BCUT2D eigenvalue weighted by molar-refractivity contribution is -0.139. The molecule has 1 amide bonds. The number of likely N-dealkylation sites (tertiary alicyclic amines) is 1. The smallest absolute Gasteiger partial charge is 0.263 e. The fraction of sp³-hybridized carbons (Fsp3) is 0.409. The molecule has 1 unspecified atom stereocenters. The second-order valence-corrected chi connectivity index (χ2v) is 6.89. The predicted octanol–water partition coefficient (Wildman–Crippen LogP) is 3.94. The number of piperidine rings is 1. The van der Waals surface area contributed by atoms with E-state index in [0.717, 1.165) is 43.9 Å². The van der Waals surface area contributed by atoms with Crippen LogP contribution in [0.3, 0.4) is 0 Å². The van der Waals surface area contributed by atoms with Gasteiger partial charge in [0, 0.05) is 13.1 Å². The molecule has 0 saturated carbocycles. The maximum absolute atomic E-state index is 12.6. The van der Waals surface area contributed by atoms with Crippen molar-refractivity contribution in [1.82, 2.24) is 4.90 Å². The van der Waals surface area contributed by atoms with E-state index >= 15 is 0 Å². The standard InChI is InChI=1S/C22H27NO3/c1-17(26-21-6-4-3-5-7-21)22(24)23-14-12-19(13-15-23)16-18-8-10-20(25-2)11-9-18/h3-11,17,19H,12-16H2,1-2H3. The summed E-state index contributed by atoms with van der Waals surface area (Å²) in [5.74, 6) is 2.33. The molecule has 0 radical (unpaired) electrons. The average molecular weight is 353 g/mol. The first-order chi connectivity index (χ1) is 12.7. The highest BCUT2D eigenvalue weighted by Gasteiger charge is 2.27. The Morgan fingerprint density at radius 2 is 1.69 bits per heavy atom. The van der Waals surface area contributed by atoms with Gasteiger partial charge in [-0.3, -0.25) is 4.79 Å². The first kappa shape index (κ1) is 18.3. The fourth-order valence-electron chi connectivity index (χ4n) is 3.46. The van der Waals surface area contributed by atoms with Gasteiger partial charge in [0.2, 0.25) is 0 Å². The lowest BCUT2D eigenvalue weighted by atomic mass is 9.90. The van der Waals surface area contributed by atoms with Gasteiger partial charge in [-0.2, -0.15) is 0 Å². The molecular weight excluding hydrogens is 326 g/mol. The molecule has 2 aromatic carbocycles. The molecule has 1 saturated heterocycles. The highest BCUT2D eigenvalue weighted by Crippen LogP contribution is 2.24. The summed E-state index contributed by atoms with van der Waals surface area (Å²) in [5.41, 5.74) is 1.33. The van der Waals surface area contributed by atoms with E-state index in [1.54, 1.807) is 7.11 Å². The van der Waals surface area contributed by atoms with Gasteiger partial charge >= 0.3 is 0 Å². The number of amides is 1. The minimum atomic E-state index is -0.449. The van der Waals surface area contributed by atoms with Crippen molar-refractivity contribution in [2.45, 2.75) is 32.3 Å². The third-order valence-electron chi connectivity index (χ3n) is 5.01. The molecule has 3 rings (SSSR count). The van der Waals surface area contributed by atoms with Gasteiger partial charge in [0.1, 0.15) is 11.5 Å². The fourth-order valence-corrected chi connectivity index (χ4v) is 3.46. The lowest BCUT2D eigenvalue weighted by Crippen LogP contribution is -2.45. The number of rotatable bonds is 6. The quantitative estimate of drug-likeness (QED) is 0.789. The Morgan fingerprint density at radius 3 is 2.31 bits per heavy atom. The predicted molar refractivity (Wildman–Crippen MR) is 103 cm³/mol. The van der Waals surface area contributed by atoms with Crippen molar-refractivity contribution in [3.63, 3.8) is 0 Å². The van der Waals surface area contributed by atoms with E-state index in [1.165, 1.54) is 5.56 Å². The molecule has 0 aliphatic carbocycles. The Kier molecular flexibility index (Phi) is 6.16. The van der Waals surface area contributed by atoms with Gasteiger partial charge in [0.05, 0.1) is 7.11 Å². The second-order valence-electron chi connectivity index (χ2n) is 6.89. The van der Waals surface area contributed by atoms with Crippen LogP contribution in [-0.2, 0) is 11.2 Å². The lowest BCUT2D eigenvalue weighted by Gasteiger charge is -2.33. The molecule has 1 atom stereocenters. The van der Waals surface area contributed by atoms with Crippen LogP contribution in [0.1, 0.15) is 25.3 Å². The zero-order valence-corrected chi connectivity index (χ0v) is 15.6. The number of nitrogens with zero attached hydrogens (tertiary/aromatic N) is 1. The van der Waals surface area contributed by atoms with Crippen molar-refractivity contribution in [2.75, 3.05) is 20.2 Å². The molecule has 138 valence electrons. The molecule has 0 spiro atoms. The van der Waals surface area contributed by atoms with Crippen LogP contribution in [0.2, 0.25) is 0 Å². The third-order valence-corrected chi connectivity index (χ3v) is 5.01. The van der Waals surface area contributed by atoms with Crippen molar-refractivity contribution in [2.24, 2.45) is 5.92 Å². The molecule has 4 nitrogen and oxygen atoms in total. The van der Waals surface area contributed by atoms with E-state index in [2.05, 4.69) is 12.1 Å². The minimum absolute atomic E-state index is 0.0803. The van der Waals surface area contributed by atoms with E-state index in [4.69, 9.17) is 9.47 Å². The van der Waals surface area contributed by atoms with Crippen LogP contribution >= 0.6 is 0 Å². The number of ether oxygens (including phenoxy) is 2. The molecule has 0 aromatic heterocycles. The summed E-state index contributed by atoms with van der Waals surface area (Å²) >= 11 is 0. The number of carbonyl (C=O) groups excluding carboxylic acids is 1. The molecule has 1 heterocycles. The minimum Gasteiger partial charge on any atom is -0.497 e. The van der Waals surface area contributed by atoms with Crippen molar-refractivity contribution < 1.29 is 14.3 Å². The molecule has 26 heavy (non-hydrogen) atoms. The summed E-state index contributed by atoms with van der Waals surface area (Å²) in [6.07, 6.45) is 2.68. The van der Waals surface area contributed by atoms with Gasteiger partial charge in [-0.05, 0) is 61.9 Å². The van der Waals surface area contributed by atoms with Gasteiger partial charge < -0.3 is 14.4 Å². The molecule has 4 heteroatoms. The van der Waals surface area contributed by atoms with Gasteiger partial charge in [0.15, 0.2) is 6.10 Å². The van der Waals surface area contributed by atoms with Crippen molar-refractivity contribution in [1.29, 1.82) is 0 Å². The number of methoxy groups -OCH3 is 1. The SMILES string of the molecule is COc1ccc(CC2CCN(C(=O)C(C)Oc3ccccc3)CC2)cc1. The number of hydrogen-bond acceptors (Lipinski definition) is 3. The third kappa shape index (κ3) is 4.78. The van der Waals surface area contributed by atoms with Crippen LogP contribution in [0.15, 0.2) is 54.6 Å². The summed E-state index contributed by atoms with van der Waals surface area (Å²) < 4.78 is 11.0. The second kappa shape index (κ2) is 8.75. The molecule has 1 fully saturated rings. The van der Waals surface area contributed by atoms with E-state index in [0.29, 0.717) is 5.92 Å². The normalized spacial score (nSPS) is 16.2. The summed E-state index contributed by atoms with van der Waals surface area (Å²) in [6, 6.07) is 17.8. The van der Waals surface area contributed by atoms with E-state index in [-0.39, 0.29) is 5.91 Å². The maximum atomic E-state index is 12.6. The Hall–Kier alpha value is -2.49. The van der Waals surface area contributed by atoms with Crippen molar-refractivity contribution >= 4 is 5.91 Å². The van der Waals surface area contributed by atoms with Crippen LogP contribution in [0, 0.1) is 5.92 Å². The largest absolute Gasteiger partial charge is 0.497 e. The van der Waals surface area contributed by atoms with Crippen LogP contribution in [-0.4, -0.2) is 37.1 Å². The summed E-state index contributed by atoms with van der Waals surface area (Å²) in [4.78, 5) is 14.6. The van der Waals surface area contributed by atoms with Crippen molar-refractivity contribution in [3.05, 3.63) is 60.2 Å². The average Bonchev–Trinajstić information content (AvgIpc) is 2.69. The van der Waals surface area contributed by atoms with E-state index in [9.17, 15) is 4.79 Å². The highest BCUT2D eigenvalue weighted by atomic mass is 16.5. The van der Waals surface area contributed by atoms with Crippen LogP contribution < -0.4 is 9.47 Å². The zero-order valence-electron chi connectivity index (χ0n) is 15.6. The molecule has 0 bridgehead atoms. The molecule has 2 aromatic rings. The number of para-hydroxylation sites is 1. The Morgan fingerprint density at radius 1 is 1.04 bits per heavy atom. The first-order valence-electron chi connectivity index (χ1n) is 9.29. The summed E-state index contributed by atoms with van der Waals surface area (Å²) in [5, 5.41) is 0. The highest BCUT2D eigenvalue weighted by molar-refractivity contribution is 5.81. The molecule has 1 aliphatic heterocycles. The zero-order chi connectivity index (χ0) is 18.4. The Bertz CT molecular complexity index is 691. The Balaban J connectivity index is 1.47. The molecular formula is C22H27NO3. The van der Waals surface area contributed by atoms with Crippen LogP contribution in [0.5, 0.6) is 11.5 Å². The monoisotopic (exact) mass is 353 g/mol. The number of carbonyl (C=O) groups is 1. The van der Waals surface area contributed by atoms with Gasteiger partial charge in [0.25, 0.3) is 5.91 Å². The van der Waals surface area contributed by atoms with E-state index < -0.39 is 6.10 Å². The number of hydrogen-bond donors (Lipinski definition) is 0. The van der Waals surface area contributed by atoms with Gasteiger partial charge in [-0.1, -0.05) is 30.3 Å². The van der Waals surface area contributed by atoms with Gasteiger partial charge in [-0.15, -0.1) is 0 Å². The number of benzene rings is 2. The molecule has 0 N–H and O–H groups in total. The van der Waals surface area contributed by atoms with Crippen molar-refractivity contribution in [3.8, 4) is 11.5 Å². The van der Waals surface area contributed by atoms with Crippen LogP contribution in [0.4, 0.5) is 0 Å². The van der Waals surface area contributed by atoms with Gasteiger partial charge in [-0.25, -0.2) is 0 Å². The van der Waals surface area contributed by atoms with E-state index in [1.807, 2.05) is 54.3 Å². The topological polar surface area (TPSA) is 38.8 Å². The Labute approximate surface area is 155 Å².